The topological polar surface area (TPSA) is 93.8 Å². The molecular formula is C19H22N4O4S. The van der Waals surface area contributed by atoms with Crippen LogP contribution < -0.4 is 5.56 Å². The lowest BCUT2D eigenvalue weighted by molar-refractivity contribution is 0.0783. The summed E-state index contributed by atoms with van der Waals surface area (Å²) in [5.41, 5.74) is 1.17. The second-order valence-electron chi connectivity index (χ2n) is 7.26. The third-order valence-electron chi connectivity index (χ3n) is 5.28. The zero-order valence-electron chi connectivity index (χ0n) is 15.8. The number of nitrogens with zero attached hydrogens (tertiary/aromatic N) is 4. The highest BCUT2D eigenvalue weighted by molar-refractivity contribution is 7.91. The van der Waals surface area contributed by atoms with Crippen molar-refractivity contribution in [2.24, 2.45) is 0 Å². The van der Waals surface area contributed by atoms with Crippen LogP contribution in [0.5, 0.6) is 0 Å². The Morgan fingerprint density at radius 1 is 1.32 bits per heavy atom. The molecule has 1 fully saturated rings. The molecule has 0 radical (unpaired) electrons. The molecule has 1 atom stereocenters. The van der Waals surface area contributed by atoms with E-state index in [0.717, 1.165) is 6.42 Å². The summed E-state index contributed by atoms with van der Waals surface area (Å²) in [6, 6.07) is 6.91. The average Bonchev–Trinajstić information content (AvgIpc) is 3.28. The molecule has 1 amide bonds. The van der Waals surface area contributed by atoms with Gasteiger partial charge < -0.3 is 9.47 Å². The Morgan fingerprint density at radius 3 is 2.79 bits per heavy atom. The van der Waals surface area contributed by atoms with Crippen molar-refractivity contribution in [1.29, 1.82) is 0 Å². The van der Waals surface area contributed by atoms with Gasteiger partial charge in [-0.15, -0.1) is 0 Å². The Hall–Kier alpha value is -2.68. The van der Waals surface area contributed by atoms with Crippen molar-refractivity contribution < 1.29 is 13.2 Å². The standard InChI is InChI=1S/C19H22N4O4S/c1-3-8-22-15(19(25)21-10-7-13(12-21)28(2,26)27)11-14-17(22)20-16-6-4-5-9-23(16)18(14)24/h4-6,9,11,13H,3,7-8,10,12H2,1-2H3. The van der Waals surface area contributed by atoms with Crippen molar-refractivity contribution in [3.63, 3.8) is 0 Å². The summed E-state index contributed by atoms with van der Waals surface area (Å²) >= 11 is 0. The van der Waals surface area contributed by atoms with Gasteiger partial charge in [0.2, 0.25) is 0 Å². The van der Waals surface area contributed by atoms with Crippen molar-refractivity contribution in [1.82, 2.24) is 18.9 Å². The first-order valence-corrected chi connectivity index (χ1v) is 11.3. The molecule has 148 valence electrons. The highest BCUT2D eigenvalue weighted by Gasteiger charge is 2.34. The Morgan fingerprint density at radius 2 is 2.11 bits per heavy atom. The van der Waals surface area contributed by atoms with E-state index >= 15 is 0 Å². The van der Waals surface area contributed by atoms with Gasteiger partial charge in [0.05, 0.1) is 10.6 Å². The third-order valence-corrected chi connectivity index (χ3v) is 6.88. The number of rotatable bonds is 4. The number of hydrogen-bond acceptors (Lipinski definition) is 5. The van der Waals surface area contributed by atoms with Gasteiger partial charge in [-0.2, -0.15) is 0 Å². The van der Waals surface area contributed by atoms with Gasteiger partial charge in [0, 0.05) is 32.1 Å². The maximum absolute atomic E-state index is 13.2. The summed E-state index contributed by atoms with van der Waals surface area (Å²) in [6.45, 7) is 3.10. The second-order valence-corrected chi connectivity index (χ2v) is 9.58. The summed E-state index contributed by atoms with van der Waals surface area (Å²) in [5.74, 6) is -0.258. The lowest BCUT2D eigenvalue weighted by atomic mass is 10.3. The Kier molecular flexibility index (Phi) is 4.49. The number of aromatic nitrogens is 3. The second kappa shape index (κ2) is 6.73. The van der Waals surface area contributed by atoms with Crippen LogP contribution in [0.3, 0.4) is 0 Å². The third kappa shape index (κ3) is 2.99. The molecule has 0 bridgehead atoms. The van der Waals surface area contributed by atoms with Crippen LogP contribution in [0, 0.1) is 0 Å². The predicted octanol–water partition coefficient (Wildman–Crippen LogP) is 1.32. The summed E-state index contributed by atoms with van der Waals surface area (Å²) in [7, 11) is -3.20. The number of hydrogen-bond donors (Lipinski definition) is 0. The fourth-order valence-electron chi connectivity index (χ4n) is 3.80. The SMILES string of the molecule is CCCn1c(C(=O)N2CCC(S(C)(=O)=O)C2)cc2c(=O)n3ccccc3nc21. The first-order chi connectivity index (χ1) is 13.3. The van der Waals surface area contributed by atoms with Gasteiger partial charge in [0.15, 0.2) is 9.84 Å². The van der Waals surface area contributed by atoms with Gasteiger partial charge in [-0.25, -0.2) is 13.4 Å². The Bertz CT molecular complexity index is 1240. The first-order valence-electron chi connectivity index (χ1n) is 9.30. The summed E-state index contributed by atoms with van der Waals surface area (Å²) in [6.07, 6.45) is 4.06. The van der Waals surface area contributed by atoms with Crippen LogP contribution in [0.25, 0.3) is 16.7 Å². The minimum atomic E-state index is -3.20. The summed E-state index contributed by atoms with van der Waals surface area (Å²) in [4.78, 5) is 32.2. The molecular weight excluding hydrogens is 380 g/mol. The molecule has 4 heterocycles. The number of fused-ring (bicyclic) bond motifs is 2. The lowest BCUT2D eigenvalue weighted by Gasteiger charge is -2.17. The number of carbonyl (C=O) groups is 1. The predicted molar refractivity (Wildman–Crippen MR) is 106 cm³/mol. The van der Waals surface area contributed by atoms with Crippen molar-refractivity contribution in [3.05, 3.63) is 46.5 Å². The molecule has 1 unspecified atom stereocenters. The smallest absolute Gasteiger partial charge is 0.270 e. The maximum atomic E-state index is 13.2. The van der Waals surface area contributed by atoms with Crippen LogP contribution in [0.4, 0.5) is 0 Å². The monoisotopic (exact) mass is 402 g/mol. The normalized spacial score (nSPS) is 17.6. The van der Waals surface area contributed by atoms with Gasteiger partial charge in [0.1, 0.15) is 17.0 Å². The molecule has 8 nitrogen and oxygen atoms in total. The molecule has 9 heteroatoms. The van der Waals surface area contributed by atoms with Crippen molar-refractivity contribution in [2.45, 2.75) is 31.6 Å². The number of sulfone groups is 1. The molecule has 3 aromatic rings. The van der Waals surface area contributed by atoms with E-state index in [-0.39, 0.29) is 18.0 Å². The molecule has 0 saturated carbocycles. The quantitative estimate of drug-likeness (QED) is 0.656. The van der Waals surface area contributed by atoms with E-state index in [0.29, 0.717) is 41.9 Å². The van der Waals surface area contributed by atoms with Gasteiger partial charge >= 0.3 is 0 Å². The van der Waals surface area contributed by atoms with Gasteiger partial charge in [0.25, 0.3) is 11.5 Å². The molecule has 0 aromatic carbocycles. The van der Waals surface area contributed by atoms with E-state index < -0.39 is 15.1 Å². The van der Waals surface area contributed by atoms with E-state index in [1.54, 1.807) is 33.9 Å². The number of amides is 1. The van der Waals surface area contributed by atoms with Crippen LogP contribution in [0.2, 0.25) is 0 Å². The van der Waals surface area contributed by atoms with Crippen LogP contribution in [-0.4, -0.2) is 57.8 Å². The number of carbonyl (C=O) groups excluding carboxylic acids is 1. The first kappa shape index (κ1) is 18.7. The van der Waals surface area contributed by atoms with Crippen molar-refractivity contribution >= 4 is 32.4 Å². The summed E-state index contributed by atoms with van der Waals surface area (Å²) < 4.78 is 26.9. The average molecular weight is 402 g/mol. The minimum absolute atomic E-state index is 0.180. The fraction of sp³-hybridized carbons (Fsp3) is 0.421. The maximum Gasteiger partial charge on any atom is 0.270 e. The highest BCUT2D eigenvalue weighted by atomic mass is 32.2. The van der Waals surface area contributed by atoms with Crippen LogP contribution in [0.1, 0.15) is 30.3 Å². The molecule has 1 aliphatic heterocycles. The number of pyridine rings is 1. The highest BCUT2D eigenvalue weighted by Crippen LogP contribution is 2.22. The van der Waals surface area contributed by atoms with Crippen LogP contribution in [-0.2, 0) is 16.4 Å². The fourth-order valence-corrected chi connectivity index (χ4v) is 4.79. The van der Waals surface area contributed by atoms with E-state index in [4.69, 9.17) is 0 Å². The Balaban J connectivity index is 1.83. The molecule has 3 aromatic heterocycles. The minimum Gasteiger partial charge on any atom is -0.336 e. The van der Waals surface area contributed by atoms with E-state index in [1.165, 1.54) is 10.7 Å². The zero-order chi connectivity index (χ0) is 20.1. The van der Waals surface area contributed by atoms with Crippen LogP contribution in [0.15, 0.2) is 35.3 Å². The zero-order valence-corrected chi connectivity index (χ0v) is 16.6. The van der Waals surface area contributed by atoms with Gasteiger partial charge in [-0.05, 0) is 31.0 Å². The molecule has 28 heavy (non-hydrogen) atoms. The molecule has 0 aliphatic carbocycles. The van der Waals surface area contributed by atoms with Gasteiger partial charge in [-0.3, -0.25) is 14.0 Å². The van der Waals surface area contributed by atoms with Crippen molar-refractivity contribution in [2.75, 3.05) is 19.3 Å². The molecule has 0 spiro atoms. The number of likely N-dealkylation sites (tertiary alicyclic amines) is 1. The number of aryl methyl sites for hydroxylation is 1. The molecule has 1 aliphatic rings. The van der Waals surface area contributed by atoms with Crippen LogP contribution >= 0.6 is 0 Å². The Labute approximate surface area is 162 Å². The van der Waals surface area contributed by atoms with E-state index in [9.17, 15) is 18.0 Å². The lowest BCUT2D eigenvalue weighted by Crippen LogP contribution is -2.32. The van der Waals surface area contributed by atoms with E-state index in [1.807, 2.05) is 13.0 Å². The van der Waals surface area contributed by atoms with Gasteiger partial charge in [-0.1, -0.05) is 13.0 Å². The molecule has 4 rings (SSSR count). The summed E-state index contributed by atoms with van der Waals surface area (Å²) in [5, 5.41) is -0.147. The van der Waals surface area contributed by atoms with Crippen molar-refractivity contribution in [3.8, 4) is 0 Å². The van der Waals surface area contributed by atoms with E-state index in [2.05, 4.69) is 4.98 Å². The molecule has 0 N–H and O–H groups in total. The largest absolute Gasteiger partial charge is 0.336 e. The molecule has 1 saturated heterocycles.